The van der Waals surface area contributed by atoms with Gasteiger partial charge < -0.3 is 0 Å². The van der Waals surface area contributed by atoms with E-state index in [2.05, 4.69) is 229 Å². The molecule has 0 amide bonds. The minimum absolute atomic E-state index is 1.00. The zero-order valence-electron chi connectivity index (χ0n) is 30.3. The van der Waals surface area contributed by atoms with Crippen molar-refractivity contribution in [2.24, 2.45) is 4.30 Å². The fourth-order valence-corrected chi connectivity index (χ4v) is 8.09. The van der Waals surface area contributed by atoms with Gasteiger partial charge in [0.25, 0.3) is 0 Å². The molecule has 0 bridgehead atoms. The quantitative estimate of drug-likeness (QED) is 0.102. The molecular weight excluding hydrogens is 744 g/mol. The Hall–Kier alpha value is -5.62. The molecule has 0 aliphatic rings. The Morgan fingerprint density at radius 3 is 1.15 bits per heavy atom. The smallest absolute Gasteiger partial charge is 0.00266 e. The van der Waals surface area contributed by atoms with Gasteiger partial charge in [-0.2, -0.15) is 0 Å². The second kappa shape index (κ2) is 17.0. The third-order valence-electron chi connectivity index (χ3n) is 9.71. The second-order valence-electron chi connectivity index (χ2n) is 12.7. The van der Waals surface area contributed by atoms with Crippen LogP contribution in [0.5, 0.6) is 0 Å². The number of alkyl halides is 1. The third-order valence-corrected chi connectivity index (χ3v) is 10.6. The summed E-state index contributed by atoms with van der Waals surface area (Å²) < 4.78 is 19.4. The van der Waals surface area contributed by atoms with Crippen molar-refractivity contribution in [1.29, 1.82) is 0 Å². The van der Waals surface area contributed by atoms with Gasteiger partial charge in [-0.25, -0.2) is 0 Å². The van der Waals surface area contributed by atoms with Crippen LogP contribution in [-0.4, -0.2) is 14.8 Å². The zero-order valence-corrected chi connectivity index (χ0v) is 31.8. The maximum Gasteiger partial charge on any atom is -0.00266 e. The summed E-state index contributed by atoms with van der Waals surface area (Å²) in [5, 5.41) is 15.4. The fourth-order valence-electron chi connectivity index (χ4n) is 7.40. The van der Waals surface area contributed by atoms with E-state index in [1.54, 1.807) is 0 Å². The van der Waals surface area contributed by atoms with Crippen molar-refractivity contribution in [3.63, 3.8) is 0 Å². The molecule has 0 spiro atoms. The van der Waals surface area contributed by atoms with Gasteiger partial charge >= 0.3 is 24.8 Å². The van der Waals surface area contributed by atoms with Gasteiger partial charge in [0.05, 0.1) is 8.52 Å². The van der Waals surface area contributed by atoms with Crippen LogP contribution in [0.25, 0.3) is 86.9 Å². The Morgan fingerprint density at radius 2 is 0.741 bits per heavy atom. The normalized spacial score (nSPS) is 10.9. The van der Waals surface area contributed by atoms with E-state index < -0.39 is 7.15 Å². The van der Waals surface area contributed by atoms with Crippen molar-refractivity contribution >= 4 is 101 Å². The summed E-state index contributed by atoms with van der Waals surface area (Å²) in [4.78, 5) is 0. The number of rotatable bonds is 2. The Bertz CT molecular complexity index is 2840. The van der Waals surface area contributed by atoms with Gasteiger partial charge in [0, 0.05) is 4.47 Å². The fraction of sp³-hybridized carbons (Fsp3) is 0.0204. The molecular formula is C49H35BBrFNS. The average molecular weight is 781 g/mol. The van der Waals surface area contributed by atoms with Crippen LogP contribution in [0.1, 0.15) is 1.37 Å². The van der Waals surface area contributed by atoms with Crippen LogP contribution in [0.4, 0.5) is 4.39 Å². The molecule has 0 aliphatic carbocycles. The number of nitrogens with zero attached hydrogens (tertiary/aromatic N) is 1. The van der Waals surface area contributed by atoms with Crippen molar-refractivity contribution in [2.45, 2.75) is 0 Å². The molecule has 259 valence electrons. The van der Waals surface area contributed by atoms with Crippen molar-refractivity contribution in [3.05, 3.63) is 193 Å². The molecule has 10 aromatic carbocycles. The summed E-state index contributed by atoms with van der Waals surface area (Å²) in [5.41, 5.74) is 5.18. The van der Waals surface area contributed by atoms with Gasteiger partial charge in [0.2, 0.25) is 0 Å². The number of fused-ring (bicyclic) bond motifs is 6. The predicted molar refractivity (Wildman–Crippen MR) is 241 cm³/mol. The van der Waals surface area contributed by atoms with E-state index in [9.17, 15) is 4.39 Å². The van der Waals surface area contributed by atoms with Crippen LogP contribution < -0.4 is 0 Å². The molecule has 0 saturated carbocycles. The summed E-state index contributed by atoms with van der Waals surface area (Å²) in [7, 11) is 3.34. The minimum atomic E-state index is -1.00. The monoisotopic (exact) mass is 779 g/mol. The summed E-state index contributed by atoms with van der Waals surface area (Å²) in [6, 6.07) is 67.5. The average Bonchev–Trinajstić information content (AvgIpc) is 3.23. The molecule has 0 fully saturated rings. The van der Waals surface area contributed by atoms with E-state index in [4.69, 9.17) is 1.37 Å². The third kappa shape index (κ3) is 7.30. The molecule has 0 N–H and O–H groups in total. The minimum Gasteiger partial charge on any atom is -0.0616 e. The molecule has 5 heteroatoms. The first-order chi connectivity index (χ1) is 27.1. The first-order valence-electron chi connectivity index (χ1n) is 18.1. The molecule has 10 rings (SSSR count). The van der Waals surface area contributed by atoms with E-state index in [0.29, 0.717) is 0 Å². The first-order valence-corrected chi connectivity index (χ1v) is 18.6. The number of thiol groups is 1. The molecule has 54 heavy (non-hydrogen) atoms. The van der Waals surface area contributed by atoms with Crippen LogP contribution in [0.15, 0.2) is 197 Å². The van der Waals surface area contributed by atoms with Crippen molar-refractivity contribution in [1.82, 2.24) is 0 Å². The maximum atomic E-state index is 9.96. The molecule has 0 aromatic heterocycles. The first kappa shape index (κ1) is 35.4. The van der Waals surface area contributed by atoms with Crippen LogP contribution >= 0.6 is 28.7 Å². The van der Waals surface area contributed by atoms with Gasteiger partial charge in [-0.05, 0) is 121 Å². The van der Waals surface area contributed by atoms with Crippen LogP contribution in [-0.2, 0) is 0 Å². The van der Waals surface area contributed by atoms with E-state index in [1.165, 1.54) is 91.4 Å². The Labute approximate surface area is 331 Å². The SMILES string of the molecule is Brc1c2ccccc2c(-c2ccc3ccccc3c2)c2ccccc12.[2H]CF.[B]=NS.c1ccc2cc(-c3c4ccccc4cc4ccccc34)ccc2c1. The Morgan fingerprint density at radius 1 is 0.444 bits per heavy atom. The van der Waals surface area contributed by atoms with E-state index in [0.717, 1.165) is 0 Å². The molecule has 0 unspecified atom stereocenters. The van der Waals surface area contributed by atoms with E-state index >= 15 is 0 Å². The Balaban J connectivity index is 0.000000148. The maximum absolute atomic E-state index is 9.96. The van der Waals surface area contributed by atoms with E-state index in [-0.39, 0.29) is 0 Å². The standard InChI is InChI=1S/C24H15Br.C24H16.CH3F.BHNS/c25-24-21-11-5-3-9-19(21)23(20-10-4-6-12-22(20)24)18-14-13-16-7-1-2-8-17(16)15-18;1-2-8-18-15-21(14-13-17(18)7-1)24-22-11-5-3-9-19(22)16-20-10-4-6-12-23(20)24;1-2;1-2-3/h1-15H;1-16H;1H3;3H/i;;1D;. The van der Waals surface area contributed by atoms with Gasteiger partial charge in [-0.15, -0.1) is 0 Å². The summed E-state index contributed by atoms with van der Waals surface area (Å²) in [6.45, 7) is 0. The summed E-state index contributed by atoms with van der Waals surface area (Å²) in [5.74, 6) is 0. The zero-order chi connectivity index (χ0) is 38.1. The number of hydrogen-bond donors (Lipinski definition) is 1. The van der Waals surface area contributed by atoms with Crippen LogP contribution in [0, 0.1) is 0 Å². The second-order valence-corrected chi connectivity index (χ2v) is 13.7. The summed E-state index contributed by atoms with van der Waals surface area (Å²) >= 11 is 7.02. The van der Waals surface area contributed by atoms with Gasteiger partial charge in [-0.1, -0.05) is 170 Å². The topological polar surface area (TPSA) is 12.4 Å². The van der Waals surface area contributed by atoms with Crippen LogP contribution in [0.2, 0.25) is 0 Å². The molecule has 1 radical (unpaired) electrons. The Kier molecular flexibility index (Phi) is 11.2. The molecule has 0 heterocycles. The molecule has 0 saturated heterocycles. The number of hydrogen-bond acceptors (Lipinski definition) is 2. The number of benzene rings is 10. The van der Waals surface area contributed by atoms with Crippen molar-refractivity contribution in [2.75, 3.05) is 7.15 Å². The van der Waals surface area contributed by atoms with Crippen molar-refractivity contribution < 1.29 is 5.76 Å². The molecule has 0 aliphatic heterocycles. The predicted octanol–water partition coefficient (Wildman–Crippen LogP) is 15.2. The number of halogens is 2. The van der Waals surface area contributed by atoms with Gasteiger partial charge in [-0.3, -0.25) is 4.39 Å². The molecule has 1 nitrogen and oxygen atoms in total. The largest absolute Gasteiger partial charge is 0.0616 e. The van der Waals surface area contributed by atoms with Crippen molar-refractivity contribution in [3.8, 4) is 22.3 Å². The van der Waals surface area contributed by atoms with Gasteiger partial charge in [0.15, 0.2) is 0 Å². The van der Waals surface area contributed by atoms with Gasteiger partial charge in [0.1, 0.15) is 0 Å². The summed E-state index contributed by atoms with van der Waals surface area (Å²) in [6.07, 6.45) is 0. The van der Waals surface area contributed by atoms with E-state index in [1.807, 2.05) is 0 Å². The molecule has 0 atom stereocenters. The molecule has 10 aromatic rings. The van der Waals surface area contributed by atoms with Crippen LogP contribution in [0.3, 0.4) is 0 Å².